The highest BCUT2D eigenvalue weighted by Gasteiger charge is 2.08. The molecule has 0 radical (unpaired) electrons. The maximum Gasteiger partial charge on any atom is 0.0936 e. The Morgan fingerprint density at radius 1 is 1.00 bits per heavy atom. The molecule has 21 heavy (non-hydrogen) atoms. The molecule has 1 heterocycles. The van der Waals surface area contributed by atoms with Crippen LogP contribution in [-0.4, -0.2) is 4.98 Å². The minimum Gasteiger partial charge on any atom is -0.377 e. The Morgan fingerprint density at radius 3 is 2.52 bits per heavy atom. The van der Waals surface area contributed by atoms with Crippen LogP contribution in [0.15, 0.2) is 54.6 Å². The van der Waals surface area contributed by atoms with Crippen molar-refractivity contribution in [1.29, 1.82) is 0 Å². The highest BCUT2D eigenvalue weighted by Crippen LogP contribution is 2.26. The number of aryl methyl sites for hydroxylation is 1. The van der Waals surface area contributed by atoms with E-state index in [1.807, 2.05) is 6.92 Å². The fourth-order valence-corrected chi connectivity index (χ4v) is 2.79. The van der Waals surface area contributed by atoms with Crippen molar-refractivity contribution in [1.82, 2.24) is 4.98 Å². The van der Waals surface area contributed by atoms with E-state index in [-0.39, 0.29) is 6.04 Å². The van der Waals surface area contributed by atoms with Crippen molar-refractivity contribution >= 4 is 39.2 Å². The third kappa shape index (κ3) is 3.18. The molecule has 1 atom stereocenters. The summed E-state index contributed by atoms with van der Waals surface area (Å²) in [4.78, 5) is 4.67. The number of aromatic nitrogens is 1. The van der Waals surface area contributed by atoms with E-state index in [1.54, 1.807) is 0 Å². The Labute approximate surface area is 138 Å². The number of hydrogen-bond donors (Lipinski definition) is 1. The van der Waals surface area contributed by atoms with E-state index in [4.69, 9.17) is 0 Å². The molecule has 1 unspecified atom stereocenters. The number of benzene rings is 2. The first-order valence-electron chi connectivity index (χ1n) is 7.02. The molecule has 3 aromatic rings. The van der Waals surface area contributed by atoms with Gasteiger partial charge in [0.2, 0.25) is 0 Å². The number of para-hydroxylation sites is 1. The largest absolute Gasteiger partial charge is 0.377 e. The summed E-state index contributed by atoms with van der Waals surface area (Å²) in [5.41, 5.74) is 4.44. The first-order valence-corrected chi connectivity index (χ1v) is 8.10. The molecule has 0 fully saturated rings. The topological polar surface area (TPSA) is 24.9 Å². The number of halogens is 1. The lowest BCUT2D eigenvalue weighted by atomic mass is 10.1. The lowest BCUT2D eigenvalue weighted by Crippen LogP contribution is -2.07. The SMILES string of the molecule is Cc1ccc2cccc(NC(C)c3ccc(I)cc3)c2n1. The molecule has 2 aromatic carbocycles. The average molecular weight is 388 g/mol. The van der Waals surface area contributed by atoms with Crippen molar-refractivity contribution in [3.8, 4) is 0 Å². The first kappa shape index (κ1) is 14.3. The molecular formula is C18H17IN2. The maximum absolute atomic E-state index is 4.67. The molecule has 0 saturated heterocycles. The van der Waals surface area contributed by atoms with Crippen LogP contribution in [0.3, 0.4) is 0 Å². The lowest BCUT2D eigenvalue weighted by molar-refractivity contribution is 0.885. The van der Waals surface area contributed by atoms with Gasteiger partial charge in [-0.1, -0.05) is 30.3 Å². The van der Waals surface area contributed by atoms with Crippen molar-refractivity contribution in [2.75, 3.05) is 5.32 Å². The number of nitrogens with zero attached hydrogens (tertiary/aromatic N) is 1. The smallest absolute Gasteiger partial charge is 0.0936 e. The summed E-state index contributed by atoms with van der Waals surface area (Å²) in [5, 5.41) is 4.75. The maximum atomic E-state index is 4.67. The van der Waals surface area contributed by atoms with Crippen LogP contribution >= 0.6 is 22.6 Å². The Bertz CT molecular complexity index is 766. The summed E-state index contributed by atoms with van der Waals surface area (Å²) in [5.74, 6) is 0. The highest BCUT2D eigenvalue weighted by molar-refractivity contribution is 14.1. The highest BCUT2D eigenvalue weighted by atomic mass is 127. The second-order valence-corrected chi connectivity index (χ2v) is 6.49. The Kier molecular flexibility index (Phi) is 4.10. The fraction of sp³-hybridized carbons (Fsp3) is 0.167. The third-order valence-electron chi connectivity index (χ3n) is 3.60. The van der Waals surface area contributed by atoms with Crippen molar-refractivity contribution in [3.05, 3.63) is 69.4 Å². The normalized spacial score (nSPS) is 12.3. The Balaban J connectivity index is 1.94. The standard InChI is InChI=1S/C18H17IN2/c1-12-6-7-15-4-3-5-17(18(15)20-12)21-13(2)14-8-10-16(19)11-9-14/h3-11,13,21H,1-2H3. The van der Waals surface area contributed by atoms with E-state index in [9.17, 15) is 0 Å². The molecule has 2 nitrogen and oxygen atoms in total. The zero-order valence-corrected chi connectivity index (χ0v) is 14.3. The fourth-order valence-electron chi connectivity index (χ4n) is 2.43. The van der Waals surface area contributed by atoms with Crippen LogP contribution in [0, 0.1) is 10.5 Å². The van der Waals surface area contributed by atoms with Gasteiger partial charge in [-0.3, -0.25) is 4.98 Å². The van der Waals surface area contributed by atoms with Crippen LogP contribution in [0.5, 0.6) is 0 Å². The molecule has 0 spiro atoms. The van der Waals surface area contributed by atoms with E-state index in [0.29, 0.717) is 0 Å². The molecule has 0 aliphatic heterocycles. The van der Waals surface area contributed by atoms with Gasteiger partial charge >= 0.3 is 0 Å². The van der Waals surface area contributed by atoms with E-state index in [1.165, 1.54) is 14.5 Å². The molecule has 1 N–H and O–H groups in total. The van der Waals surface area contributed by atoms with Crippen molar-refractivity contribution in [3.63, 3.8) is 0 Å². The zero-order valence-electron chi connectivity index (χ0n) is 12.1. The summed E-state index contributed by atoms with van der Waals surface area (Å²) in [6, 6.07) is 19.3. The van der Waals surface area contributed by atoms with Gasteiger partial charge in [0, 0.05) is 20.7 Å². The number of rotatable bonds is 3. The van der Waals surface area contributed by atoms with Crippen molar-refractivity contribution in [2.24, 2.45) is 0 Å². The first-order chi connectivity index (χ1) is 10.1. The molecule has 0 aliphatic rings. The van der Waals surface area contributed by atoms with Gasteiger partial charge in [0.25, 0.3) is 0 Å². The molecular weight excluding hydrogens is 371 g/mol. The van der Waals surface area contributed by atoms with Gasteiger partial charge in [-0.05, 0) is 66.3 Å². The third-order valence-corrected chi connectivity index (χ3v) is 4.32. The number of nitrogens with one attached hydrogen (secondary N) is 1. The summed E-state index contributed by atoms with van der Waals surface area (Å²) in [6.45, 7) is 4.20. The second-order valence-electron chi connectivity index (χ2n) is 5.25. The van der Waals surface area contributed by atoms with Crippen molar-refractivity contribution in [2.45, 2.75) is 19.9 Å². The van der Waals surface area contributed by atoms with Crippen molar-refractivity contribution < 1.29 is 0 Å². The molecule has 0 bridgehead atoms. The van der Waals surface area contributed by atoms with Gasteiger partial charge in [-0.15, -0.1) is 0 Å². The number of hydrogen-bond acceptors (Lipinski definition) is 2. The minimum atomic E-state index is 0.245. The predicted octanol–water partition coefficient (Wildman–Crippen LogP) is 5.32. The monoisotopic (exact) mass is 388 g/mol. The molecule has 0 aliphatic carbocycles. The lowest BCUT2D eigenvalue weighted by Gasteiger charge is -2.17. The van der Waals surface area contributed by atoms with E-state index >= 15 is 0 Å². The average Bonchev–Trinajstić information content (AvgIpc) is 2.48. The van der Waals surface area contributed by atoms with E-state index < -0.39 is 0 Å². The van der Waals surface area contributed by atoms with Crippen LogP contribution in [0.2, 0.25) is 0 Å². The van der Waals surface area contributed by atoms with Gasteiger partial charge < -0.3 is 5.32 Å². The van der Waals surface area contributed by atoms with Gasteiger partial charge in [-0.2, -0.15) is 0 Å². The zero-order chi connectivity index (χ0) is 14.8. The van der Waals surface area contributed by atoms with Crippen LogP contribution in [-0.2, 0) is 0 Å². The minimum absolute atomic E-state index is 0.245. The van der Waals surface area contributed by atoms with Crippen LogP contribution in [0.4, 0.5) is 5.69 Å². The van der Waals surface area contributed by atoms with Gasteiger partial charge in [0.15, 0.2) is 0 Å². The summed E-state index contributed by atoms with van der Waals surface area (Å²) in [6.07, 6.45) is 0. The quantitative estimate of drug-likeness (QED) is 0.615. The number of anilines is 1. The summed E-state index contributed by atoms with van der Waals surface area (Å²) in [7, 11) is 0. The van der Waals surface area contributed by atoms with Gasteiger partial charge in [0.1, 0.15) is 0 Å². The summed E-state index contributed by atoms with van der Waals surface area (Å²) >= 11 is 2.33. The van der Waals surface area contributed by atoms with Crippen LogP contribution in [0.1, 0.15) is 24.2 Å². The van der Waals surface area contributed by atoms with E-state index in [2.05, 4.69) is 94.4 Å². The predicted molar refractivity (Wildman–Crippen MR) is 97.7 cm³/mol. The van der Waals surface area contributed by atoms with E-state index in [0.717, 1.165) is 16.9 Å². The van der Waals surface area contributed by atoms with Gasteiger partial charge in [0.05, 0.1) is 11.2 Å². The number of pyridine rings is 1. The number of fused-ring (bicyclic) bond motifs is 1. The molecule has 1 aromatic heterocycles. The Morgan fingerprint density at radius 2 is 1.76 bits per heavy atom. The Hall–Kier alpha value is -1.62. The molecule has 0 saturated carbocycles. The summed E-state index contributed by atoms with van der Waals surface area (Å²) < 4.78 is 1.26. The van der Waals surface area contributed by atoms with Gasteiger partial charge in [-0.25, -0.2) is 0 Å². The molecule has 3 heteroatoms. The second kappa shape index (κ2) is 6.02. The molecule has 0 amide bonds. The van der Waals surface area contributed by atoms with Crippen LogP contribution in [0.25, 0.3) is 10.9 Å². The molecule has 106 valence electrons. The van der Waals surface area contributed by atoms with Crippen LogP contribution < -0.4 is 5.32 Å². The molecule has 3 rings (SSSR count).